The molecule has 1 aromatic carbocycles. The number of carbonyl (C=O) groups is 2. The molecule has 114 valence electrons. The molecule has 2 rings (SSSR count). The van der Waals surface area contributed by atoms with E-state index < -0.39 is 5.97 Å². The van der Waals surface area contributed by atoms with E-state index in [-0.39, 0.29) is 17.2 Å². The lowest BCUT2D eigenvalue weighted by Crippen LogP contribution is -2.41. The number of ether oxygens (including phenoxy) is 2. The van der Waals surface area contributed by atoms with Crippen LogP contribution in [0.2, 0.25) is 0 Å². The molecule has 0 atom stereocenters. The van der Waals surface area contributed by atoms with Gasteiger partial charge in [-0.05, 0) is 31.5 Å². The molecule has 1 heterocycles. The Morgan fingerprint density at radius 3 is 2.52 bits per heavy atom. The summed E-state index contributed by atoms with van der Waals surface area (Å²) in [7, 11) is 0. The number of hydrogen-bond acceptors (Lipinski definition) is 4. The molecular formula is C15H19NO5. The van der Waals surface area contributed by atoms with Gasteiger partial charge in [0.25, 0.3) is 5.91 Å². The first-order chi connectivity index (χ1) is 10.0. The fourth-order valence-corrected chi connectivity index (χ4v) is 2.30. The van der Waals surface area contributed by atoms with E-state index in [1.54, 1.807) is 18.7 Å². The summed E-state index contributed by atoms with van der Waals surface area (Å²) in [6.45, 7) is 5.98. The van der Waals surface area contributed by atoms with Crippen LogP contribution in [0.15, 0.2) is 12.1 Å². The average molecular weight is 293 g/mol. The van der Waals surface area contributed by atoms with E-state index in [0.29, 0.717) is 44.0 Å². The highest BCUT2D eigenvalue weighted by Crippen LogP contribution is 2.25. The first-order valence-electron chi connectivity index (χ1n) is 6.92. The summed E-state index contributed by atoms with van der Waals surface area (Å²) < 4.78 is 10.6. The van der Waals surface area contributed by atoms with Gasteiger partial charge in [0.2, 0.25) is 0 Å². The van der Waals surface area contributed by atoms with Crippen molar-refractivity contribution in [1.82, 2.24) is 4.90 Å². The highest BCUT2D eigenvalue weighted by atomic mass is 16.5. The fraction of sp³-hybridized carbons (Fsp3) is 0.467. The van der Waals surface area contributed by atoms with Gasteiger partial charge in [0, 0.05) is 18.7 Å². The molecule has 1 aromatic rings. The zero-order valence-electron chi connectivity index (χ0n) is 12.2. The summed E-state index contributed by atoms with van der Waals surface area (Å²) in [5.74, 6) is -0.951. The summed E-state index contributed by atoms with van der Waals surface area (Å²) in [6, 6.07) is 3.01. The second-order valence-electron chi connectivity index (χ2n) is 4.81. The minimum atomic E-state index is -1.06. The second kappa shape index (κ2) is 6.58. The third-order valence-electron chi connectivity index (χ3n) is 3.39. The Morgan fingerprint density at radius 2 is 1.95 bits per heavy atom. The van der Waals surface area contributed by atoms with E-state index in [1.165, 1.54) is 12.1 Å². The van der Waals surface area contributed by atoms with Crippen LogP contribution in [-0.2, 0) is 4.74 Å². The molecule has 1 saturated heterocycles. The Labute approximate surface area is 123 Å². The van der Waals surface area contributed by atoms with Gasteiger partial charge in [0.1, 0.15) is 11.3 Å². The van der Waals surface area contributed by atoms with Crippen molar-refractivity contribution in [2.75, 3.05) is 32.9 Å². The van der Waals surface area contributed by atoms with Crippen LogP contribution >= 0.6 is 0 Å². The minimum Gasteiger partial charge on any atom is -0.493 e. The largest absolute Gasteiger partial charge is 0.493 e. The predicted octanol–water partition coefficient (Wildman–Crippen LogP) is 1.56. The number of aryl methyl sites for hydroxylation is 1. The first kappa shape index (κ1) is 15.3. The molecule has 1 N–H and O–H groups in total. The number of amides is 1. The Morgan fingerprint density at radius 1 is 1.29 bits per heavy atom. The van der Waals surface area contributed by atoms with Crippen LogP contribution in [0.3, 0.4) is 0 Å². The van der Waals surface area contributed by atoms with Crippen LogP contribution in [0.5, 0.6) is 5.75 Å². The maximum Gasteiger partial charge on any atom is 0.339 e. The topological polar surface area (TPSA) is 76.1 Å². The maximum absolute atomic E-state index is 12.5. The lowest BCUT2D eigenvalue weighted by atomic mass is 10.0. The van der Waals surface area contributed by atoms with Crippen LogP contribution in [0, 0.1) is 6.92 Å². The number of nitrogens with zero attached hydrogens (tertiary/aromatic N) is 1. The van der Waals surface area contributed by atoms with E-state index in [2.05, 4.69) is 0 Å². The maximum atomic E-state index is 12.5. The van der Waals surface area contributed by atoms with Crippen molar-refractivity contribution in [2.45, 2.75) is 13.8 Å². The molecule has 0 unspecified atom stereocenters. The normalized spacial score (nSPS) is 14.9. The third-order valence-corrected chi connectivity index (χ3v) is 3.39. The number of morpholine rings is 1. The molecular weight excluding hydrogens is 274 g/mol. The molecule has 1 fully saturated rings. The number of benzene rings is 1. The highest BCUT2D eigenvalue weighted by Gasteiger charge is 2.23. The molecule has 6 nitrogen and oxygen atoms in total. The lowest BCUT2D eigenvalue weighted by molar-refractivity contribution is 0.0302. The highest BCUT2D eigenvalue weighted by molar-refractivity contribution is 5.99. The van der Waals surface area contributed by atoms with Crippen molar-refractivity contribution < 1.29 is 24.2 Å². The average Bonchev–Trinajstić information content (AvgIpc) is 2.49. The van der Waals surface area contributed by atoms with Crippen molar-refractivity contribution in [3.05, 3.63) is 28.8 Å². The monoisotopic (exact) mass is 293 g/mol. The standard InChI is InChI=1S/C15H19NO5/c1-3-21-13-9-11(10(2)8-12(13)15(18)19)14(17)16-4-6-20-7-5-16/h8-9H,3-7H2,1-2H3,(H,18,19). The van der Waals surface area contributed by atoms with Crippen molar-refractivity contribution in [3.63, 3.8) is 0 Å². The Bertz CT molecular complexity index is 549. The molecule has 1 amide bonds. The number of carboxylic acids is 1. The molecule has 0 aliphatic carbocycles. The second-order valence-corrected chi connectivity index (χ2v) is 4.81. The summed E-state index contributed by atoms with van der Waals surface area (Å²) in [4.78, 5) is 25.5. The number of carbonyl (C=O) groups excluding carboxylic acids is 1. The Balaban J connectivity index is 2.36. The molecule has 0 saturated carbocycles. The van der Waals surface area contributed by atoms with E-state index >= 15 is 0 Å². The number of aromatic carboxylic acids is 1. The predicted molar refractivity (Wildman–Crippen MR) is 76.0 cm³/mol. The molecule has 0 aromatic heterocycles. The molecule has 6 heteroatoms. The minimum absolute atomic E-state index is 0.0767. The fourth-order valence-electron chi connectivity index (χ4n) is 2.30. The van der Waals surface area contributed by atoms with Crippen LogP contribution in [-0.4, -0.2) is 54.8 Å². The zero-order chi connectivity index (χ0) is 15.4. The van der Waals surface area contributed by atoms with E-state index in [9.17, 15) is 14.7 Å². The van der Waals surface area contributed by atoms with Crippen molar-refractivity contribution in [3.8, 4) is 5.75 Å². The van der Waals surface area contributed by atoms with Gasteiger partial charge < -0.3 is 19.5 Å². The summed E-state index contributed by atoms with van der Waals surface area (Å²) >= 11 is 0. The van der Waals surface area contributed by atoms with Gasteiger partial charge in [0.15, 0.2) is 0 Å². The van der Waals surface area contributed by atoms with Gasteiger partial charge in [-0.25, -0.2) is 4.79 Å². The summed E-state index contributed by atoms with van der Waals surface area (Å²) in [5, 5.41) is 9.20. The Kier molecular flexibility index (Phi) is 4.80. The van der Waals surface area contributed by atoms with Gasteiger partial charge in [-0.3, -0.25) is 4.79 Å². The van der Waals surface area contributed by atoms with Gasteiger partial charge in [-0.1, -0.05) is 0 Å². The van der Waals surface area contributed by atoms with Crippen LogP contribution < -0.4 is 4.74 Å². The number of hydrogen-bond donors (Lipinski definition) is 1. The SMILES string of the molecule is CCOc1cc(C(=O)N2CCOCC2)c(C)cc1C(=O)O. The number of carboxylic acid groups (broad SMARTS) is 1. The third kappa shape index (κ3) is 3.33. The quantitative estimate of drug-likeness (QED) is 0.911. The molecule has 0 bridgehead atoms. The van der Waals surface area contributed by atoms with E-state index in [4.69, 9.17) is 9.47 Å². The number of rotatable bonds is 4. The van der Waals surface area contributed by atoms with Gasteiger partial charge >= 0.3 is 5.97 Å². The van der Waals surface area contributed by atoms with E-state index in [1.807, 2.05) is 0 Å². The lowest BCUT2D eigenvalue weighted by Gasteiger charge is -2.27. The zero-order valence-corrected chi connectivity index (χ0v) is 12.2. The van der Waals surface area contributed by atoms with Crippen LogP contribution in [0.25, 0.3) is 0 Å². The first-order valence-corrected chi connectivity index (χ1v) is 6.92. The molecule has 1 aliphatic rings. The van der Waals surface area contributed by atoms with Crippen molar-refractivity contribution in [2.24, 2.45) is 0 Å². The molecule has 0 radical (unpaired) electrons. The molecule has 0 spiro atoms. The van der Waals surface area contributed by atoms with E-state index in [0.717, 1.165) is 0 Å². The van der Waals surface area contributed by atoms with Crippen molar-refractivity contribution >= 4 is 11.9 Å². The van der Waals surface area contributed by atoms with Crippen molar-refractivity contribution in [1.29, 1.82) is 0 Å². The van der Waals surface area contributed by atoms with Crippen LogP contribution in [0.4, 0.5) is 0 Å². The summed E-state index contributed by atoms with van der Waals surface area (Å²) in [5.41, 5.74) is 1.19. The summed E-state index contributed by atoms with van der Waals surface area (Å²) in [6.07, 6.45) is 0. The molecule has 21 heavy (non-hydrogen) atoms. The Hall–Kier alpha value is -2.08. The van der Waals surface area contributed by atoms with Crippen LogP contribution in [0.1, 0.15) is 33.2 Å². The van der Waals surface area contributed by atoms with Gasteiger partial charge in [-0.2, -0.15) is 0 Å². The van der Waals surface area contributed by atoms with Gasteiger partial charge in [-0.15, -0.1) is 0 Å². The smallest absolute Gasteiger partial charge is 0.339 e. The molecule has 1 aliphatic heterocycles. The van der Waals surface area contributed by atoms with Gasteiger partial charge in [0.05, 0.1) is 19.8 Å².